The van der Waals surface area contributed by atoms with Crippen molar-refractivity contribution in [1.29, 1.82) is 0 Å². The third-order valence-corrected chi connectivity index (χ3v) is 7.34. The Morgan fingerprint density at radius 3 is 2.58 bits per heavy atom. The first-order chi connectivity index (χ1) is 19.5. The van der Waals surface area contributed by atoms with Crippen LogP contribution in [-0.4, -0.2) is 31.5 Å². The average Bonchev–Trinajstić information content (AvgIpc) is 3.51. The molecule has 3 N–H and O–H groups in total. The van der Waals surface area contributed by atoms with Gasteiger partial charge in [-0.15, -0.1) is 0 Å². The van der Waals surface area contributed by atoms with E-state index in [2.05, 4.69) is 25.9 Å². The minimum atomic E-state index is -0.511. The van der Waals surface area contributed by atoms with Gasteiger partial charge in [0.25, 0.3) is 0 Å². The predicted octanol–water partition coefficient (Wildman–Crippen LogP) is 6.13. The van der Waals surface area contributed by atoms with E-state index in [4.69, 9.17) is 16.6 Å². The van der Waals surface area contributed by atoms with Crippen molar-refractivity contribution in [1.82, 2.24) is 24.8 Å². The van der Waals surface area contributed by atoms with Crippen LogP contribution in [0.4, 0.5) is 16.2 Å². The fraction of sp³-hybridized carbons (Fsp3) is 0.333. The number of amides is 1. The highest BCUT2D eigenvalue weighted by atomic mass is 35.5. The number of halogens is 2. The Hall–Kier alpha value is -3.98. The number of hydrogen-bond donors (Lipinski definition) is 3. The van der Waals surface area contributed by atoms with Gasteiger partial charge in [0.15, 0.2) is 0 Å². The Morgan fingerprint density at radius 1 is 1.02 bits per heavy atom. The summed E-state index contributed by atoms with van der Waals surface area (Å²) in [5, 5.41) is 10.3. The molecule has 0 bridgehead atoms. The summed E-state index contributed by atoms with van der Waals surface area (Å²) in [4.78, 5) is 27.0. The predicted molar refractivity (Wildman–Crippen MR) is 155 cm³/mol. The average molecular weight is 562 g/mol. The number of aromatic nitrogens is 4. The zero-order valence-corrected chi connectivity index (χ0v) is 22.9. The van der Waals surface area contributed by atoms with Crippen LogP contribution < -0.4 is 16.0 Å². The molecule has 2 aromatic carbocycles. The summed E-state index contributed by atoms with van der Waals surface area (Å²) in [6, 6.07) is 15.1. The third-order valence-electron chi connectivity index (χ3n) is 7.11. The molecule has 0 radical (unpaired) electrons. The third kappa shape index (κ3) is 7.79. The van der Waals surface area contributed by atoms with E-state index in [1.165, 1.54) is 31.4 Å². The summed E-state index contributed by atoms with van der Waals surface area (Å²) in [5.74, 6) is 1.52. The van der Waals surface area contributed by atoms with E-state index in [0.29, 0.717) is 47.1 Å². The van der Waals surface area contributed by atoms with Gasteiger partial charge in [0.1, 0.15) is 29.8 Å². The lowest BCUT2D eigenvalue weighted by Gasteiger charge is -2.27. The molecule has 5 rings (SSSR count). The maximum Gasteiger partial charge on any atom is 0.242 e. The highest BCUT2D eigenvalue weighted by Gasteiger charge is 2.25. The van der Waals surface area contributed by atoms with E-state index in [1.54, 1.807) is 41.5 Å². The Bertz CT molecular complexity index is 1410. The van der Waals surface area contributed by atoms with E-state index in [9.17, 15) is 9.18 Å². The van der Waals surface area contributed by atoms with Crippen molar-refractivity contribution in [3.63, 3.8) is 0 Å². The lowest BCUT2D eigenvalue weighted by atomic mass is 9.84. The largest absolute Gasteiger partial charge is 0.358 e. The van der Waals surface area contributed by atoms with Crippen molar-refractivity contribution in [3.05, 3.63) is 95.3 Å². The fourth-order valence-electron chi connectivity index (χ4n) is 5.07. The number of nitrogens with one attached hydrogen (secondary N) is 3. The number of carbonyl (C=O) groups is 1. The van der Waals surface area contributed by atoms with Gasteiger partial charge in [-0.05, 0) is 47.7 Å². The standard InChI is InChI=1S/C30H33ClFN7O/c31-24-10-4-8-22(14-24)19-35-30-37-27(17-28(38-30)39-13-12-33-20-39)36-26(16-21-6-2-1-3-7-21)29(40)34-18-23-9-5-11-25(32)15-23/h4-5,8-15,17,20-21,26H,1-3,6-7,16,18-19H2,(H,34,40)(H2,35,36,37,38). The van der Waals surface area contributed by atoms with Gasteiger partial charge in [-0.1, -0.05) is 68.0 Å². The molecule has 8 nitrogen and oxygen atoms in total. The van der Waals surface area contributed by atoms with E-state index >= 15 is 0 Å². The lowest BCUT2D eigenvalue weighted by molar-refractivity contribution is -0.122. The summed E-state index contributed by atoms with van der Waals surface area (Å²) >= 11 is 6.15. The molecule has 2 heterocycles. The lowest BCUT2D eigenvalue weighted by Crippen LogP contribution is -2.41. The van der Waals surface area contributed by atoms with Crippen LogP contribution in [0.2, 0.25) is 5.02 Å². The van der Waals surface area contributed by atoms with Gasteiger partial charge in [-0.25, -0.2) is 9.37 Å². The molecule has 0 spiro atoms. The van der Waals surface area contributed by atoms with Crippen LogP contribution in [0, 0.1) is 11.7 Å². The normalized spacial score (nSPS) is 14.4. The molecule has 208 valence electrons. The summed E-state index contributed by atoms with van der Waals surface area (Å²) < 4.78 is 15.5. The maximum atomic E-state index is 13.7. The van der Waals surface area contributed by atoms with Gasteiger partial charge in [-0.2, -0.15) is 9.97 Å². The van der Waals surface area contributed by atoms with Crippen LogP contribution >= 0.6 is 11.6 Å². The van der Waals surface area contributed by atoms with Crippen LogP contribution in [0.25, 0.3) is 5.82 Å². The number of nitrogens with zero attached hydrogens (tertiary/aromatic N) is 4. The Kier molecular flexibility index (Phi) is 9.23. The molecule has 40 heavy (non-hydrogen) atoms. The Morgan fingerprint density at radius 2 is 1.82 bits per heavy atom. The van der Waals surface area contributed by atoms with Crippen LogP contribution in [0.3, 0.4) is 0 Å². The molecule has 1 amide bonds. The summed E-state index contributed by atoms with van der Waals surface area (Å²) in [5.41, 5.74) is 1.70. The van der Waals surface area contributed by atoms with Crippen molar-refractivity contribution in [3.8, 4) is 5.82 Å². The van der Waals surface area contributed by atoms with Crippen molar-refractivity contribution in [2.24, 2.45) is 5.92 Å². The van der Waals surface area contributed by atoms with E-state index < -0.39 is 6.04 Å². The molecule has 1 saturated carbocycles. The quantitative estimate of drug-likeness (QED) is 0.204. The van der Waals surface area contributed by atoms with Gasteiger partial charge in [0.2, 0.25) is 11.9 Å². The number of anilines is 2. The number of benzene rings is 2. The first-order valence-electron chi connectivity index (χ1n) is 13.7. The second-order valence-electron chi connectivity index (χ2n) is 10.2. The maximum absolute atomic E-state index is 13.7. The minimum absolute atomic E-state index is 0.147. The molecule has 0 saturated heterocycles. The minimum Gasteiger partial charge on any atom is -0.358 e. The summed E-state index contributed by atoms with van der Waals surface area (Å²) in [6.07, 6.45) is 11.6. The highest BCUT2D eigenvalue weighted by Crippen LogP contribution is 2.28. The highest BCUT2D eigenvalue weighted by molar-refractivity contribution is 6.30. The molecule has 1 fully saturated rings. The molecule has 2 aromatic heterocycles. The zero-order valence-electron chi connectivity index (χ0n) is 22.2. The number of imidazole rings is 1. The second kappa shape index (κ2) is 13.4. The van der Waals surface area contributed by atoms with Crippen LogP contribution in [0.1, 0.15) is 49.7 Å². The number of carbonyl (C=O) groups excluding carboxylic acids is 1. The van der Waals surface area contributed by atoms with Gasteiger partial charge < -0.3 is 16.0 Å². The van der Waals surface area contributed by atoms with Crippen molar-refractivity contribution >= 4 is 29.3 Å². The molecule has 1 unspecified atom stereocenters. The summed E-state index contributed by atoms with van der Waals surface area (Å²) in [7, 11) is 0. The van der Waals surface area contributed by atoms with Crippen molar-refractivity contribution < 1.29 is 9.18 Å². The van der Waals surface area contributed by atoms with Gasteiger partial charge in [0, 0.05) is 36.6 Å². The first-order valence-corrected chi connectivity index (χ1v) is 14.0. The zero-order chi connectivity index (χ0) is 27.7. The van der Waals surface area contributed by atoms with Crippen LogP contribution in [0.5, 0.6) is 0 Å². The van der Waals surface area contributed by atoms with Crippen molar-refractivity contribution in [2.75, 3.05) is 10.6 Å². The molecular weight excluding hydrogens is 529 g/mol. The fourth-order valence-corrected chi connectivity index (χ4v) is 5.28. The van der Waals surface area contributed by atoms with E-state index in [0.717, 1.165) is 18.4 Å². The molecule has 10 heteroatoms. The molecule has 1 aliphatic rings. The smallest absolute Gasteiger partial charge is 0.242 e. The Balaban J connectivity index is 1.36. The molecule has 0 aliphatic heterocycles. The van der Waals surface area contributed by atoms with Crippen LogP contribution in [0.15, 0.2) is 73.3 Å². The van der Waals surface area contributed by atoms with Crippen molar-refractivity contribution in [2.45, 2.75) is 57.7 Å². The van der Waals surface area contributed by atoms with Gasteiger partial charge in [0.05, 0.1) is 0 Å². The molecule has 1 aliphatic carbocycles. The van der Waals surface area contributed by atoms with Gasteiger partial charge >= 0.3 is 0 Å². The van der Waals surface area contributed by atoms with E-state index in [-0.39, 0.29) is 18.3 Å². The number of hydrogen-bond acceptors (Lipinski definition) is 6. The monoisotopic (exact) mass is 561 g/mol. The Labute approximate surface area is 238 Å². The van der Waals surface area contributed by atoms with Crippen LogP contribution in [-0.2, 0) is 17.9 Å². The molecule has 1 atom stereocenters. The number of rotatable bonds is 11. The topological polar surface area (TPSA) is 96.8 Å². The first kappa shape index (κ1) is 27.6. The van der Waals surface area contributed by atoms with Gasteiger partial charge in [-0.3, -0.25) is 9.36 Å². The second-order valence-corrected chi connectivity index (χ2v) is 10.6. The molecular formula is C30H33ClFN7O. The molecule has 4 aromatic rings. The SMILES string of the molecule is O=C(NCc1cccc(F)c1)C(CC1CCCCC1)Nc1cc(-n2ccnc2)nc(NCc2cccc(Cl)c2)n1. The van der Waals surface area contributed by atoms with E-state index in [1.807, 2.05) is 24.3 Å². The summed E-state index contributed by atoms with van der Waals surface area (Å²) in [6.45, 7) is 0.725.